The minimum absolute atomic E-state index is 0. The summed E-state index contributed by atoms with van der Waals surface area (Å²) < 4.78 is 7.24. The molecule has 0 aliphatic heterocycles. The average molecular weight is 457 g/mol. The van der Waals surface area contributed by atoms with Gasteiger partial charge in [0.2, 0.25) is 0 Å². The number of guanidine groups is 1. The predicted molar refractivity (Wildman–Crippen MR) is 113 cm³/mol. The minimum Gasteiger partial charge on any atom is -0.382 e. The van der Waals surface area contributed by atoms with Gasteiger partial charge in [0.25, 0.3) is 0 Å². The summed E-state index contributed by atoms with van der Waals surface area (Å²) >= 11 is 0. The van der Waals surface area contributed by atoms with Crippen LogP contribution in [-0.2, 0) is 11.3 Å². The summed E-state index contributed by atoms with van der Waals surface area (Å²) in [5.41, 5.74) is 10.2. The first-order valence-corrected chi connectivity index (χ1v) is 8.35. The molecule has 0 aliphatic carbocycles. The smallest absolute Gasteiger partial charge is 0.188 e. The Balaban J connectivity index is 0.00000312. The maximum atomic E-state index is 5.93. The van der Waals surface area contributed by atoms with Gasteiger partial charge in [0.15, 0.2) is 5.96 Å². The van der Waals surface area contributed by atoms with E-state index in [0.717, 1.165) is 48.8 Å². The summed E-state index contributed by atoms with van der Waals surface area (Å²) in [6.07, 6.45) is 0.911. The molecule has 3 N–H and O–H groups in total. The standard InChI is InChI=1S/C18H27N5O.HI/c1-4-24-12-8-11-20-18(19)21-13-17-14(2)22-23(15(17)3)16-9-6-5-7-10-16;/h5-7,9-10H,4,8,11-13H2,1-3H3,(H3,19,20,21);1H. The number of hydrogen-bond acceptors (Lipinski definition) is 3. The Kier molecular flexibility index (Phi) is 9.51. The number of aromatic nitrogens is 2. The Hall–Kier alpha value is -1.61. The van der Waals surface area contributed by atoms with Crippen LogP contribution in [0.1, 0.15) is 30.3 Å². The zero-order chi connectivity index (χ0) is 17.4. The quantitative estimate of drug-likeness (QED) is 0.277. The SMILES string of the molecule is CCOCCCNC(N)=NCc1c(C)nn(-c2ccccc2)c1C.I. The molecule has 25 heavy (non-hydrogen) atoms. The van der Waals surface area contributed by atoms with E-state index in [9.17, 15) is 0 Å². The highest BCUT2D eigenvalue weighted by Gasteiger charge is 2.12. The Bertz CT molecular complexity index is 670. The third-order valence-electron chi connectivity index (χ3n) is 3.83. The molecule has 7 heteroatoms. The van der Waals surface area contributed by atoms with Crippen LogP contribution in [-0.4, -0.2) is 35.5 Å². The monoisotopic (exact) mass is 457 g/mol. The number of hydrogen-bond donors (Lipinski definition) is 2. The number of aliphatic imine (C=N–C) groups is 1. The molecule has 0 fully saturated rings. The molecule has 6 nitrogen and oxygen atoms in total. The second-order valence-corrected chi connectivity index (χ2v) is 5.58. The lowest BCUT2D eigenvalue weighted by molar-refractivity contribution is 0.145. The summed E-state index contributed by atoms with van der Waals surface area (Å²) in [6, 6.07) is 10.1. The Morgan fingerprint density at radius 3 is 2.68 bits per heavy atom. The van der Waals surface area contributed by atoms with Gasteiger partial charge in [0, 0.05) is 31.0 Å². The van der Waals surface area contributed by atoms with Gasteiger partial charge in [-0.2, -0.15) is 5.10 Å². The van der Waals surface area contributed by atoms with E-state index in [2.05, 4.69) is 22.3 Å². The van der Waals surface area contributed by atoms with Crippen molar-refractivity contribution in [1.29, 1.82) is 0 Å². The van der Waals surface area contributed by atoms with Crippen molar-refractivity contribution in [2.24, 2.45) is 10.7 Å². The van der Waals surface area contributed by atoms with Crippen molar-refractivity contribution < 1.29 is 4.74 Å². The lowest BCUT2D eigenvalue weighted by Crippen LogP contribution is -2.32. The maximum absolute atomic E-state index is 5.93. The van der Waals surface area contributed by atoms with Gasteiger partial charge in [-0.1, -0.05) is 18.2 Å². The molecule has 0 amide bonds. The van der Waals surface area contributed by atoms with Crippen molar-refractivity contribution >= 4 is 29.9 Å². The number of rotatable bonds is 8. The lowest BCUT2D eigenvalue weighted by atomic mass is 10.2. The van der Waals surface area contributed by atoms with Crippen LogP contribution in [0, 0.1) is 13.8 Å². The Labute approximate surface area is 166 Å². The molecule has 0 radical (unpaired) electrons. The van der Waals surface area contributed by atoms with E-state index in [4.69, 9.17) is 10.5 Å². The molecular weight excluding hydrogens is 429 g/mol. The van der Waals surface area contributed by atoms with Crippen molar-refractivity contribution in [2.75, 3.05) is 19.8 Å². The fourth-order valence-electron chi connectivity index (χ4n) is 2.48. The van der Waals surface area contributed by atoms with Gasteiger partial charge in [-0.05, 0) is 39.3 Å². The highest BCUT2D eigenvalue weighted by Crippen LogP contribution is 2.18. The number of halogens is 1. The van der Waals surface area contributed by atoms with E-state index in [1.54, 1.807) is 0 Å². The van der Waals surface area contributed by atoms with Crippen molar-refractivity contribution in [3.05, 3.63) is 47.3 Å². The van der Waals surface area contributed by atoms with E-state index in [1.807, 2.05) is 48.9 Å². The van der Waals surface area contributed by atoms with Gasteiger partial charge >= 0.3 is 0 Å². The molecule has 0 atom stereocenters. The number of nitrogens with zero attached hydrogens (tertiary/aromatic N) is 3. The second-order valence-electron chi connectivity index (χ2n) is 5.58. The van der Waals surface area contributed by atoms with Gasteiger partial charge in [0.05, 0.1) is 17.9 Å². The van der Waals surface area contributed by atoms with E-state index < -0.39 is 0 Å². The van der Waals surface area contributed by atoms with Crippen molar-refractivity contribution in [1.82, 2.24) is 15.1 Å². The van der Waals surface area contributed by atoms with Gasteiger partial charge in [-0.15, -0.1) is 24.0 Å². The summed E-state index contributed by atoms with van der Waals surface area (Å²) in [5.74, 6) is 0.456. The molecular formula is C18H28IN5O. The topological polar surface area (TPSA) is 77.5 Å². The number of para-hydroxylation sites is 1. The number of benzene rings is 1. The molecule has 0 spiro atoms. The first kappa shape index (κ1) is 21.4. The molecule has 0 saturated carbocycles. The Morgan fingerprint density at radius 1 is 1.28 bits per heavy atom. The normalized spacial score (nSPS) is 11.2. The van der Waals surface area contributed by atoms with Gasteiger partial charge in [0.1, 0.15) is 0 Å². The number of aryl methyl sites for hydroxylation is 1. The maximum Gasteiger partial charge on any atom is 0.188 e. The molecule has 2 rings (SSSR count). The molecule has 0 saturated heterocycles. The molecule has 1 heterocycles. The van der Waals surface area contributed by atoms with Crippen LogP contribution in [0.5, 0.6) is 0 Å². The minimum atomic E-state index is 0. The first-order valence-electron chi connectivity index (χ1n) is 8.35. The summed E-state index contributed by atoms with van der Waals surface area (Å²) in [6.45, 7) is 8.81. The molecule has 1 aromatic heterocycles. The summed E-state index contributed by atoms with van der Waals surface area (Å²) in [4.78, 5) is 4.43. The van der Waals surface area contributed by atoms with Gasteiger partial charge in [-0.25, -0.2) is 9.67 Å². The lowest BCUT2D eigenvalue weighted by Gasteiger charge is -2.06. The van der Waals surface area contributed by atoms with Gasteiger partial charge in [-0.3, -0.25) is 0 Å². The zero-order valence-corrected chi connectivity index (χ0v) is 17.5. The molecule has 1 aromatic carbocycles. The molecule has 0 aliphatic rings. The zero-order valence-electron chi connectivity index (χ0n) is 15.2. The third-order valence-corrected chi connectivity index (χ3v) is 3.83. The summed E-state index contributed by atoms with van der Waals surface area (Å²) in [7, 11) is 0. The van der Waals surface area contributed by atoms with Crippen LogP contribution in [0.25, 0.3) is 5.69 Å². The fourth-order valence-corrected chi connectivity index (χ4v) is 2.48. The second kappa shape index (κ2) is 11.1. The van der Waals surface area contributed by atoms with Crippen molar-refractivity contribution in [2.45, 2.75) is 33.7 Å². The van der Waals surface area contributed by atoms with E-state index in [1.165, 1.54) is 0 Å². The van der Waals surface area contributed by atoms with Crippen molar-refractivity contribution in [3.8, 4) is 5.69 Å². The third kappa shape index (κ3) is 6.32. The molecule has 138 valence electrons. The van der Waals surface area contributed by atoms with Crippen LogP contribution in [0.2, 0.25) is 0 Å². The predicted octanol–water partition coefficient (Wildman–Crippen LogP) is 2.94. The highest BCUT2D eigenvalue weighted by atomic mass is 127. The Morgan fingerprint density at radius 2 is 2.00 bits per heavy atom. The molecule has 0 unspecified atom stereocenters. The number of nitrogens with two attached hydrogens (primary N) is 1. The van der Waals surface area contributed by atoms with E-state index in [0.29, 0.717) is 12.5 Å². The molecule has 0 bridgehead atoms. The van der Waals surface area contributed by atoms with Crippen LogP contribution in [0.15, 0.2) is 35.3 Å². The first-order chi connectivity index (χ1) is 11.6. The van der Waals surface area contributed by atoms with Crippen LogP contribution >= 0.6 is 24.0 Å². The van der Waals surface area contributed by atoms with Gasteiger partial charge < -0.3 is 15.8 Å². The average Bonchev–Trinajstić information content (AvgIpc) is 2.88. The largest absolute Gasteiger partial charge is 0.382 e. The fraction of sp³-hybridized carbons (Fsp3) is 0.444. The molecule has 2 aromatic rings. The van der Waals surface area contributed by atoms with E-state index >= 15 is 0 Å². The van der Waals surface area contributed by atoms with Crippen LogP contribution in [0.3, 0.4) is 0 Å². The number of ether oxygens (including phenoxy) is 1. The highest BCUT2D eigenvalue weighted by molar-refractivity contribution is 14.0. The van der Waals surface area contributed by atoms with E-state index in [-0.39, 0.29) is 24.0 Å². The van der Waals surface area contributed by atoms with Crippen molar-refractivity contribution in [3.63, 3.8) is 0 Å². The summed E-state index contributed by atoms with van der Waals surface area (Å²) in [5, 5.41) is 7.73. The van der Waals surface area contributed by atoms with Crippen LogP contribution < -0.4 is 11.1 Å². The van der Waals surface area contributed by atoms with Crippen LogP contribution in [0.4, 0.5) is 0 Å². The number of nitrogens with one attached hydrogen (secondary N) is 1.